The number of carbonyl (C=O) groups is 1. The van der Waals surface area contributed by atoms with E-state index in [9.17, 15) is 29.6 Å². The lowest BCUT2D eigenvalue weighted by molar-refractivity contribution is -0.134. The van der Waals surface area contributed by atoms with E-state index < -0.39 is 36.8 Å². The van der Waals surface area contributed by atoms with Crippen molar-refractivity contribution in [3.05, 3.63) is 47.0 Å². The standard InChI is InChI=1S/C32H45ClFN5O7/c33-23-17-35-31(36-18-23)39-8-6-32(7-9-39)5-3-22(32)4-14-46-24-2-1-21(25(34)16-24)15-28(43)38-12-10-37(11-13-38)19-26(41)29(44)30(45)27(42)20-40/h1-2,16-18,22,26-27,29-30,40-42,44-45H,3-15,19-20H2/t22?,26-,27+,29+,30+/m0/s1. The van der Waals surface area contributed by atoms with E-state index in [-0.39, 0.29) is 18.9 Å². The first-order valence-electron chi connectivity index (χ1n) is 16.1. The largest absolute Gasteiger partial charge is 0.493 e. The molecule has 1 saturated carbocycles. The molecule has 5 atom stereocenters. The lowest BCUT2D eigenvalue weighted by Gasteiger charge is -2.54. The molecule has 5 rings (SSSR count). The second-order valence-electron chi connectivity index (χ2n) is 12.8. The van der Waals surface area contributed by atoms with Crippen LogP contribution in [0.25, 0.3) is 0 Å². The molecule has 0 bridgehead atoms. The molecule has 1 aromatic carbocycles. The molecular weight excluding hydrogens is 621 g/mol. The highest BCUT2D eigenvalue weighted by molar-refractivity contribution is 6.30. The van der Waals surface area contributed by atoms with E-state index in [4.69, 9.17) is 21.4 Å². The van der Waals surface area contributed by atoms with Crippen molar-refractivity contribution in [2.24, 2.45) is 11.3 Å². The number of rotatable bonds is 13. The van der Waals surface area contributed by atoms with Gasteiger partial charge in [0.2, 0.25) is 11.9 Å². The van der Waals surface area contributed by atoms with Gasteiger partial charge in [-0.3, -0.25) is 9.69 Å². The van der Waals surface area contributed by atoms with Gasteiger partial charge >= 0.3 is 0 Å². The number of β-amino-alcohol motifs (C(OH)–C–C–N with tert-alkyl or cyclic N) is 1. The summed E-state index contributed by atoms with van der Waals surface area (Å²) in [5.41, 5.74) is 0.616. The Hall–Kier alpha value is -2.65. The van der Waals surface area contributed by atoms with Crippen LogP contribution in [-0.4, -0.2) is 135 Å². The molecule has 1 aliphatic carbocycles. The third-order valence-corrected chi connectivity index (χ3v) is 10.3. The average Bonchev–Trinajstić information content (AvgIpc) is 3.06. The summed E-state index contributed by atoms with van der Waals surface area (Å²) >= 11 is 5.92. The summed E-state index contributed by atoms with van der Waals surface area (Å²) < 4.78 is 20.9. The minimum atomic E-state index is -1.68. The zero-order chi connectivity index (χ0) is 32.8. The number of nitrogens with zero attached hydrogens (tertiary/aromatic N) is 5. The molecule has 1 unspecified atom stereocenters. The van der Waals surface area contributed by atoms with Crippen LogP contribution < -0.4 is 9.64 Å². The quantitative estimate of drug-likeness (QED) is 0.206. The van der Waals surface area contributed by atoms with Crippen LogP contribution in [0.2, 0.25) is 5.02 Å². The third-order valence-electron chi connectivity index (χ3n) is 10.1. The number of benzene rings is 1. The SMILES string of the molecule is O=C(Cc1ccc(OCCC2CCC23CCN(c2ncc(Cl)cn2)CC3)cc1F)N1CCN(C[C@H](O)[C@@H](O)[C@H](O)[C@H](O)CO)CC1. The number of hydrogen-bond donors (Lipinski definition) is 5. The fourth-order valence-electron chi connectivity index (χ4n) is 6.96. The van der Waals surface area contributed by atoms with Crippen molar-refractivity contribution >= 4 is 23.5 Å². The van der Waals surface area contributed by atoms with Gasteiger partial charge in [0.1, 0.15) is 29.9 Å². The lowest BCUT2D eigenvalue weighted by atomic mass is 9.55. The molecule has 2 saturated heterocycles. The molecule has 3 fully saturated rings. The minimum absolute atomic E-state index is 0.0224. The van der Waals surface area contributed by atoms with E-state index in [2.05, 4.69) is 14.9 Å². The first-order chi connectivity index (χ1) is 22.1. The smallest absolute Gasteiger partial charge is 0.227 e. The summed E-state index contributed by atoms with van der Waals surface area (Å²) in [7, 11) is 0. The van der Waals surface area contributed by atoms with E-state index >= 15 is 0 Å². The summed E-state index contributed by atoms with van der Waals surface area (Å²) in [6.45, 7) is 3.17. The number of piperidine rings is 1. The maximum absolute atomic E-state index is 15.0. The van der Waals surface area contributed by atoms with Crippen LogP contribution in [0.1, 0.15) is 37.7 Å². The third kappa shape index (κ3) is 8.25. The maximum Gasteiger partial charge on any atom is 0.227 e. The number of ether oxygens (including phenoxy) is 1. The van der Waals surface area contributed by atoms with E-state index in [0.29, 0.717) is 60.5 Å². The van der Waals surface area contributed by atoms with Crippen molar-refractivity contribution in [3.8, 4) is 5.75 Å². The number of amides is 1. The first-order valence-corrected chi connectivity index (χ1v) is 16.4. The average molecular weight is 666 g/mol. The lowest BCUT2D eigenvalue weighted by Crippen LogP contribution is -2.54. The molecule has 1 aromatic heterocycles. The fourth-order valence-corrected chi connectivity index (χ4v) is 7.05. The fraction of sp³-hybridized carbons (Fsp3) is 0.656. The van der Waals surface area contributed by atoms with Gasteiger partial charge in [-0.05, 0) is 55.1 Å². The van der Waals surface area contributed by atoms with Gasteiger partial charge in [0.15, 0.2) is 0 Å². The van der Waals surface area contributed by atoms with Crippen molar-refractivity contribution in [1.29, 1.82) is 0 Å². The van der Waals surface area contributed by atoms with Crippen LogP contribution in [0, 0.1) is 17.2 Å². The van der Waals surface area contributed by atoms with Gasteiger partial charge in [0, 0.05) is 51.9 Å². The van der Waals surface area contributed by atoms with Crippen molar-refractivity contribution in [2.75, 3.05) is 63.9 Å². The second kappa shape index (κ2) is 15.5. The highest BCUT2D eigenvalue weighted by Crippen LogP contribution is 2.55. The number of aliphatic hydroxyl groups excluding tert-OH is 5. The van der Waals surface area contributed by atoms with Gasteiger partial charge in [-0.2, -0.15) is 0 Å². The summed E-state index contributed by atoms with van der Waals surface area (Å²) in [6, 6.07) is 4.65. The molecule has 2 aromatic rings. The van der Waals surface area contributed by atoms with Crippen molar-refractivity contribution in [2.45, 2.75) is 62.9 Å². The molecule has 46 heavy (non-hydrogen) atoms. The van der Waals surface area contributed by atoms with Crippen molar-refractivity contribution in [1.82, 2.24) is 19.8 Å². The Balaban J connectivity index is 1.02. The van der Waals surface area contributed by atoms with Crippen molar-refractivity contribution in [3.63, 3.8) is 0 Å². The molecule has 12 nitrogen and oxygen atoms in total. The molecule has 1 amide bonds. The molecule has 0 radical (unpaired) electrons. The topological polar surface area (TPSA) is 163 Å². The highest BCUT2D eigenvalue weighted by atomic mass is 35.5. The summed E-state index contributed by atoms with van der Waals surface area (Å²) in [4.78, 5) is 27.3. The van der Waals surface area contributed by atoms with Gasteiger partial charge in [-0.15, -0.1) is 0 Å². The Labute approximate surface area is 273 Å². The number of piperazine rings is 1. The Morgan fingerprint density at radius 3 is 2.28 bits per heavy atom. The molecule has 5 N–H and O–H groups in total. The van der Waals surface area contributed by atoms with Crippen LogP contribution in [0.3, 0.4) is 0 Å². The Morgan fingerprint density at radius 2 is 1.67 bits per heavy atom. The number of halogens is 2. The van der Waals surface area contributed by atoms with E-state index in [1.807, 2.05) is 4.90 Å². The van der Waals surface area contributed by atoms with E-state index in [1.54, 1.807) is 29.4 Å². The highest BCUT2D eigenvalue weighted by Gasteiger charge is 2.47. The zero-order valence-corrected chi connectivity index (χ0v) is 26.7. The van der Waals surface area contributed by atoms with Gasteiger partial charge in [0.25, 0.3) is 0 Å². The monoisotopic (exact) mass is 665 g/mol. The number of aromatic nitrogens is 2. The normalized spacial score (nSPS) is 22.6. The predicted octanol–water partition coefficient (Wildman–Crippen LogP) is 0.857. The first kappa shape index (κ1) is 34.7. The Bertz CT molecular complexity index is 1290. The molecule has 1 spiro atoms. The van der Waals surface area contributed by atoms with Crippen LogP contribution in [-0.2, 0) is 11.2 Å². The van der Waals surface area contributed by atoms with Crippen LogP contribution in [0.15, 0.2) is 30.6 Å². The van der Waals surface area contributed by atoms with E-state index in [0.717, 1.165) is 38.3 Å². The van der Waals surface area contributed by atoms with Crippen LogP contribution in [0.5, 0.6) is 5.75 Å². The molecule has 2 aliphatic heterocycles. The Kier molecular flexibility index (Phi) is 11.7. The van der Waals surface area contributed by atoms with Crippen molar-refractivity contribution < 1.29 is 39.5 Å². The predicted molar refractivity (Wildman–Crippen MR) is 168 cm³/mol. The van der Waals surface area contributed by atoms with Crippen LogP contribution in [0.4, 0.5) is 10.3 Å². The number of aliphatic hydroxyl groups is 5. The number of carbonyl (C=O) groups excluding carboxylic acids is 1. The van der Waals surface area contributed by atoms with Crippen LogP contribution >= 0.6 is 11.6 Å². The molecule has 3 aliphatic rings. The summed E-state index contributed by atoms with van der Waals surface area (Å²) in [6.07, 6.45) is 2.41. The molecule has 3 heterocycles. The number of hydrogen-bond acceptors (Lipinski definition) is 11. The second-order valence-corrected chi connectivity index (χ2v) is 13.3. The minimum Gasteiger partial charge on any atom is -0.493 e. The van der Waals surface area contributed by atoms with E-state index in [1.165, 1.54) is 18.9 Å². The summed E-state index contributed by atoms with van der Waals surface area (Å²) in [5.74, 6) is 1.04. The van der Waals surface area contributed by atoms with Gasteiger partial charge in [0.05, 0.1) is 43.2 Å². The molecular formula is C32H45ClFN5O7. The van der Waals surface area contributed by atoms with Gasteiger partial charge in [-0.25, -0.2) is 14.4 Å². The zero-order valence-electron chi connectivity index (χ0n) is 25.9. The molecule has 14 heteroatoms. The Morgan fingerprint density at radius 1 is 1.00 bits per heavy atom. The molecule has 254 valence electrons. The number of anilines is 1. The van der Waals surface area contributed by atoms with Gasteiger partial charge < -0.3 is 40.1 Å². The van der Waals surface area contributed by atoms with Gasteiger partial charge in [-0.1, -0.05) is 17.7 Å². The summed E-state index contributed by atoms with van der Waals surface area (Å²) in [5, 5.41) is 49.0. The maximum atomic E-state index is 15.0.